The molecule has 0 aromatic carbocycles. The van der Waals surface area contributed by atoms with Crippen LogP contribution < -0.4 is 0 Å². The van der Waals surface area contributed by atoms with Crippen LogP contribution in [-0.2, 0) is 4.79 Å². The predicted octanol–water partition coefficient (Wildman–Crippen LogP) is 4.21. The highest BCUT2D eigenvalue weighted by molar-refractivity contribution is 5.89. The summed E-state index contributed by atoms with van der Waals surface area (Å²) in [6.45, 7) is 8.19. The summed E-state index contributed by atoms with van der Waals surface area (Å²) in [5.41, 5.74) is 2.67. The molecule has 84 valence electrons. The summed E-state index contributed by atoms with van der Waals surface area (Å²) < 4.78 is 0. The van der Waals surface area contributed by atoms with Gasteiger partial charge in [0.15, 0.2) is 5.78 Å². The smallest absolute Gasteiger partial charge is 0.155 e. The normalized spacial score (nSPS) is 11.9. The second-order valence-electron chi connectivity index (χ2n) is 4.01. The molecule has 1 heteroatoms. The van der Waals surface area contributed by atoms with E-state index in [4.69, 9.17) is 0 Å². The topological polar surface area (TPSA) is 17.1 Å². The summed E-state index contributed by atoms with van der Waals surface area (Å²) in [4.78, 5) is 11.0. The maximum atomic E-state index is 11.0. The van der Waals surface area contributed by atoms with Crippen molar-refractivity contribution < 1.29 is 4.79 Å². The zero-order valence-corrected chi connectivity index (χ0v) is 10.3. The molecule has 0 heterocycles. The molecular formula is C14H22O. The summed E-state index contributed by atoms with van der Waals surface area (Å²) in [6.07, 6.45) is 10.5. The Morgan fingerprint density at radius 1 is 1.20 bits per heavy atom. The second-order valence-corrected chi connectivity index (χ2v) is 4.01. The fraction of sp³-hybridized carbons (Fsp3) is 0.500. The van der Waals surface area contributed by atoms with Crippen molar-refractivity contribution in [3.63, 3.8) is 0 Å². The molecule has 0 fully saturated rings. The van der Waals surface area contributed by atoms with Gasteiger partial charge in [0.05, 0.1) is 0 Å². The van der Waals surface area contributed by atoms with E-state index in [0.29, 0.717) is 6.42 Å². The van der Waals surface area contributed by atoms with E-state index in [-0.39, 0.29) is 5.78 Å². The number of allylic oxidation sites excluding steroid dienone is 6. The van der Waals surface area contributed by atoms with Crippen LogP contribution in [0.15, 0.2) is 35.5 Å². The van der Waals surface area contributed by atoms with Crippen molar-refractivity contribution in [1.82, 2.24) is 0 Å². The van der Waals surface area contributed by atoms with Gasteiger partial charge in [-0.1, -0.05) is 36.3 Å². The maximum Gasteiger partial charge on any atom is 0.155 e. The fourth-order valence-corrected chi connectivity index (χ4v) is 1.11. The summed E-state index contributed by atoms with van der Waals surface area (Å²) >= 11 is 0. The standard InChI is InChI=1S/C14H22O/c1-5-14(15)11-7-10-13(4)9-6-8-12(2)3/h7-8,10-11H,5-6,9H2,1-4H3/b11-7+,13-10+. The molecule has 0 rings (SSSR count). The summed E-state index contributed by atoms with van der Waals surface area (Å²) in [7, 11) is 0. The maximum absolute atomic E-state index is 11.0. The zero-order valence-electron chi connectivity index (χ0n) is 10.3. The molecule has 0 bridgehead atoms. The molecule has 0 aromatic heterocycles. The van der Waals surface area contributed by atoms with Crippen molar-refractivity contribution >= 4 is 5.78 Å². The molecule has 0 aliphatic carbocycles. The molecule has 0 atom stereocenters. The highest BCUT2D eigenvalue weighted by atomic mass is 16.1. The molecular weight excluding hydrogens is 184 g/mol. The minimum atomic E-state index is 0.184. The Labute approximate surface area is 93.6 Å². The summed E-state index contributed by atoms with van der Waals surface area (Å²) in [5.74, 6) is 0.184. The van der Waals surface area contributed by atoms with Gasteiger partial charge in [-0.05, 0) is 39.7 Å². The average molecular weight is 206 g/mol. The first-order valence-electron chi connectivity index (χ1n) is 5.56. The van der Waals surface area contributed by atoms with Crippen molar-refractivity contribution in [2.75, 3.05) is 0 Å². The van der Waals surface area contributed by atoms with Crippen LogP contribution in [-0.4, -0.2) is 5.78 Å². The molecule has 0 aliphatic heterocycles. The fourth-order valence-electron chi connectivity index (χ4n) is 1.11. The van der Waals surface area contributed by atoms with Gasteiger partial charge in [-0.15, -0.1) is 0 Å². The first kappa shape index (κ1) is 13.9. The molecule has 15 heavy (non-hydrogen) atoms. The van der Waals surface area contributed by atoms with E-state index in [0.717, 1.165) is 12.8 Å². The van der Waals surface area contributed by atoms with Crippen molar-refractivity contribution in [2.45, 2.75) is 47.0 Å². The lowest BCUT2D eigenvalue weighted by Gasteiger charge is -1.96. The SMILES string of the molecule is CCC(=O)/C=C/C=C(\C)CCC=C(C)C. The largest absolute Gasteiger partial charge is 0.295 e. The Bertz CT molecular complexity index is 276. The van der Waals surface area contributed by atoms with Crippen LogP contribution >= 0.6 is 0 Å². The Balaban J connectivity index is 3.94. The third kappa shape index (κ3) is 9.20. The third-order valence-electron chi connectivity index (χ3n) is 2.10. The van der Waals surface area contributed by atoms with E-state index >= 15 is 0 Å². The lowest BCUT2D eigenvalue weighted by molar-refractivity contribution is -0.114. The average Bonchev–Trinajstić information content (AvgIpc) is 2.17. The number of hydrogen-bond acceptors (Lipinski definition) is 1. The van der Waals surface area contributed by atoms with E-state index in [9.17, 15) is 4.79 Å². The van der Waals surface area contributed by atoms with Crippen LogP contribution in [0.3, 0.4) is 0 Å². The Morgan fingerprint density at radius 2 is 1.87 bits per heavy atom. The Morgan fingerprint density at radius 3 is 2.40 bits per heavy atom. The van der Waals surface area contributed by atoms with E-state index in [1.54, 1.807) is 6.08 Å². The van der Waals surface area contributed by atoms with Crippen molar-refractivity contribution in [3.8, 4) is 0 Å². The number of rotatable bonds is 6. The number of carbonyl (C=O) groups is 1. The second kappa shape index (κ2) is 8.22. The molecule has 0 aromatic rings. The molecule has 0 aliphatic rings. The van der Waals surface area contributed by atoms with Gasteiger partial charge in [-0.3, -0.25) is 4.79 Å². The van der Waals surface area contributed by atoms with E-state index in [2.05, 4.69) is 26.8 Å². The summed E-state index contributed by atoms with van der Waals surface area (Å²) in [5, 5.41) is 0. The van der Waals surface area contributed by atoms with Gasteiger partial charge in [-0.2, -0.15) is 0 Å². The monoisotopic (exact) mass is 206 g/mol. The van der Waals surface area contributed by atoms with Gasteiger partial charge >= 0.3 is 0 Å². The van der Waals surface area contributed by atoms with Gasteiger partial charge in [-0.25, -0.2) is 0 Å². The molecule has 0 spiro atoms. The van der Waals surface area contributed by atoms with E-state index in [1.807, 2.05) is 19.1 Å². The Hall–Kier alpha value is -1.11. The van der Waals surface area contributed by atoms with Crippen LogP contribution in [0.1, 0.15) is 47.0 Å². The van der Waals surface area contributed by atoms with Crippen LogP contribution in [0.25, 0.3) is 0 Å². The molecule has 1 nitrogen and oxygen atoms in total. The number of ketones is 1. The van der Waals surface area contributed by atoms with Crippen molar-refractivity contribution in [2.24, 2.45) is 0 Å². The first-order valence-corrected chi connectivity index (χ1v) is 5.56. The van der Waals surface area contributed by atoms with E-state index in [1.165, 1.54) is 11.1 Å². The van der Waals surface area contributed by atoms with Crippen LogP contribution in [0.5, 0.6) is 0 Å². The Kier molecular flexibility index (Phi) is 7.61. The van der Waals surface area contributed by atoms with Crippen molar-refractivity contribution in [3.05, 3.63) is 35.5 Å². The molecule has 0 unspecified atom stereocenters. The quantitative estimate of drug-likeness (QED) is 0.361. The van der Waals surface area contributed by atoms with Crippen LogP contribution in [0, 0.1) is 0 Å². The first-order chi connectivity index (χ1) is 7.06. The number of hydrogen-bond donors (Lipinski definition) is 0. The third-order valence-corrected chi connectivity index (χ3v) is 2.10. The molecule has 0 N–H and O–H groups in total. The van der Waals surface area contributed by atoms with Crippen molar-refractivity contribution in [1.29, 1.82) is 0 Å². The minimum Gasteiger partial charge on any atom is -0.295 e. The lowest BCUT2D eigenvalue weighted by atomic mass is 10.1. The molecule has 0 saturated heterocycles. The zero-order chi connectivity index (χ0) is 11.7. The summed E-state index contributed by atoms with van der Waals surface area (Å²) in [6, 6.07) is 0. The predicted molar refractivity (Wildman–Crippen MR) is 66.9 cm³/mol. The van der Waals surface area contributed by atoms with Gasteiger partial charge in [0.25, 0.3) is 0 Å². The highest BCUT2D eigenvalue weighted by Crippen LogP contribution is 2.06. The van der Waals surface area contributed by atoms with Crippen LogP contribution in [0.4, 0.5) is 0 Å². The van der Waals surface area contributed by atoms with Gasteiger partial charge in [0, 0.05) is 6.42 Å². The highest BCUT2D eigenvalue weighted by Gasteiger charge is 1.89. The minimum absolute atomic E-state index is 0.184. The van der Waals surface area contributed by atoms with Gasteiger partial charge in [0.1, 0.15) is 0 Å². The molecule has 0 saturated carbocycles. The van der Waals surface area contributed by atoms with Gasteiger partial charge < -0.3 is 0 Å². The molecule has 0 radical (unpaired) electrons. The number of carbonyl (C=O) groups excluding carboxylic acids is 1. The van der Waals surface area contributed by atoms with Crippen LogP contribution in [0.2, 0.25) is 0 Å². The van der Waals surface area contributed by atoms with Gasteiger partial charge in [0.2, 0.25) is 0 Å². The molecule has 0 amide bonds. The van der Waals surface area contributed by atoms with E-state index < -0.39 is 0 Å². The lowest BCUT2D eigenvalue weighted by Crippen LogP contribution is -1.86.